The van der Waals surface area contributed by atoms with Crippen LogP contribution in [0.1, 0.15) is 19.3 Å². The topological polar surface area (TPSA) is 179 Å². The number of anilines is 1. The number of aromatic amines is 1. The Hall–Kier alpha value is -1.61. The summed E-state index contributed by atoms with van der Waals surface area (Å²) in [6.07, 6.45) is 3.52. The number of nitrogens with one attached hydrogen (secondary N) is 1. The fourth-order valence-electron chi connectivity index (χ4n) is 2.01. The van der Waals surface area contributed by atoms with Crippen molar-refractivity contribution in [3.63, 3.8) is 0 Å². The van der Waals surface area contributed by atoms with Crippen LogP contribution in [-0.2, 0) is 15.6 Å². The van der Waals surface area contributed by atoms with Gasteiger partial charge in [-0.15, -0.1) is 0 Å². The molecule has 2 rings (SSSR count). The SMILES string of the molecule is Nc1nc2c(ncn2CCCCCO/[P+]([O-])=C/P(=O)(O)O)c(=O)[nH]1. The zero-order valence-corrected chi connectivity index (χ0v) is 14.3. The van der Waals surface area contributed by atoms with Gasteiger partial charge in [0, 0.05) is 6.54 Å². The summed E-state index contributed by atoms with van der Waals surface area (Å²) in [5, 5.41) is 0. The fourth-order valence-corrected chi connectivity index (χ4v) is 3.56. The van der Waals surface area contributed by atoms with Gasteiger partial charge in [0.25, 0.3) is 5.56 Å². The van der Waals surface area contributed by atoms with Gasteiger partial charge < -0.3 is 25.0 Å². The Bertz CT molecular complexity index is 841. The molecular formula is C11H17N5O6P2. The average molecular weight is 377 g/mol. The molecule has 0 radical (unpaired) electrons. The highest BCUT2D eigenvalue weighted by atomic mass is 31.2. The lowest BCUT2D eigenvalue weighted by Gasteiger charge is -2.04. The van der Waals surface area contributed by atoms with Crippen molar-refractivity contribution in [3.8, 4) is 0 Å². The van der Waals surface area contributed by atoms with Gasteiger partial charge in [-0.1, -0.05) is 0 Å². The number of aromatic nitrogens is 4. The Morgan fingerprint density at radius 3 is 2.92 bits per heavy atom. The fraction of sp³-hybridized carbons (Fsp3) is 0.455. The maximum absolute atomic E-state index is 11.6. The Labute approximate surface area is 137 Å². The monoisotopic (exact) mass is 377 g/mol. The largest absolute Gasteiger partial charge is 0.603 e. The number of nitrogen functional groups attached to an aromatic ring is 1. The van der Waals surface area contributed by atoms with E-state index in [9.17, 15) is 14.3 Å². The van der Waals surface area contributed by atoms with Crippen molar-refractivity contribution in [3.05, 3.63) is 16.7 Å². The molecule has 0 fully saturated rings. The van der Waals surface area contributed by atoms with Crippen molar-refractivity contribution >= 4 is 38.2 Å². The summed E-state index contributed by atoms with van der Waals surface area (Å²) in [7, 11) is -6.91. The van der Waals surface area contributed by atoms with Crippen molar-refractivity contribution in [1.82, 2.24) is 19.5 Å². The van der Waals surface area contributed by atoms with Crippen LogP contribution < -0.4 is 16.2 Å². The summed E-state index contributed by atoms with van der Waals surface area (Å²) >= 11 is 0. The Balaban J connectivity index is 1.79. The molecule has 0 aromatic carbocycles. The first-order valence-corrected chi connectivity index (χ1v) is 9.90. The second-order valence-electron chi connectivity index (χ2n) is 4.95. The van der Waals surface area contributed by atoms with E-state index < -0.39 is 21.2 Å². The van der Waals surface area contributed by atoms with Gasteiger partial charge in [-0.25, -0.2) is 4.98 Å². The number of nitrogens with zero attached hydrogens (tertiary/aromatic N) is 3. The van der Waals surface area contributed by atoms with Crippen LogP contribution in [0.4, 0.5) is 5.95 Å². The summed E-state index contributed by atoms with van der Waals surface area (Å²) in [6.45, 7) is 0.689. The van der Waals surface area contributed by atoms with Gasteiger partial charge in [0.1, 0.15) is 0 Å². The van der Waals surface area contributed by atoms with Crippen LogP contribution in [0.3, 0.4) is 0 Å². The van der Waals surface area contributed by atoms with Gasteiger partial charge in [0.15, 0.2) is 11.2 Å². The van der Waals surface area contributed by atoms with Crippen LogP contribution in [0.2, 0.25) is 0 Å². The van der Waals surface area contributed by atoms with Crippen molar-refractivity contribution in [2.45, 2.75) is 25.8 Å². The van der Waals surface area contributed by atoms with Crippen LogP contribution in [0, 0.1) is 0 Å². The van der Waals surface area contributed by atoms with Crippen molar-refractivity contribution in [1.29, 1.82) is 0 Å². The standard InChI is InChI=1S/C11H17N5O6P2/c12-11-14-9-8(10(17)15-11)13-6-16(9)4-2-1-3-5-22-23(18)7-24(19,20)21/h6-7H,1-5H2,(H2,19,20,21)(H3,12,14,15,17). The quantitative estimate of drug-likeness (QED) is 0.348. The number of nitrogens with two attached hydrogens (primary N) is 1. The summed E-state index contributed by atoms with van der Waals surface area (Å²) in [5.74, 6) is 0.0211. The first-order chi connectivity index (χ1) is 11.3. The van der Waals surface area contributed by atoms with E-state index in [0.717, 1.165) is 12.8 Å². The number of unbranched alkanes of at least 4 members (excludes halogenated alkanes) is 2. The molecule has 0 bridgehead atoms. The number of imidazole rings is 1. The molecule has 2 aromatic rings. The zero-order valence-electron chi connectivity index (χ0n) is 12.5. The molecule has 11 nitrogen and oxygen atoms in total. The Kier molecular flexibility index (Phi) is 6.22. The lowest BCUT2D eigenvalue weighted by Crippen LogP contribution is -2.12. The molecule has 0 aliphatic rings. The van der Waals surface area contributed by atoms with E-state index in [1.165, 1.54) is 6.33 Å². The normalized spacial score (nSPS) is 12.9. The molecule has 1 atom stereocenters. The number of hydrogen-bond donors (Lipinski definition) is 4. The summed E-state index contributed by atoms with van der Waals surface area (Å²) in [4.78, 5) is 50.5. The van der Waals surface area contributed by atoms with Gasteiger partial charge in [0.05, 0.1) is 12.9 Å². The average Bonchev–Trinajstić information content (AvgIpc) is 2.84. The smallest absolute Gasteiger partial charge is 0.393 e. The maximum atomic E-state index is 11.6. The molecule has 0 saturated heterocycles. The van der Waals surface area contributed by atoms with E-state index in [-0.39, 0.29) is 18.1 Å². The van der Waals surface area contributed by atoms with E-state index in [4.69, 9.17) is 20.0 Å². The summed E-state index contributed by atoms with van der Waals surface area (Å²) in [6, 6.07) is 0. The molecule has 0 aliphatic heterocycles. The third-order valence-corrected chi connectivity index (χ3v) is 5.39. The summed E-state index contributed by atoms with van der Waals surface area (Å²) in [5.41, 5.74) is 6.14. The predicted octanol–water partition coefficient (Wildman–Crippen LogP) is -0.502. The minimum atomic E-state index is -4.44. The molecule has 132 valence electrons. The van der Waals surface area contributed by atoms with Crippen LogP contribution in [0.5, 0.6) is 0 Å². The molecule has 24 heavy (non-hydrogen) atoms. The zero-order chi connectivity index (χ0) is 17.7. The predicted molar refractivity (Wildman–Crippen MR) is 87.4 cm³/mol. The first-order valence-electron chi connectivity index (χ1n) is 6.97. The molecule has 2 aromatic heterocycles. The molecule has 0 saturated carbocycles. The lowest BCUT2D eigenvalue weighted by molar-refractivity contribution is -0.172. The lowest BCUT2D eigenvalue weighted by atomic mass is 10.2. The highest BCUT2D eigenvalue weighted by Crippen LogP contribution is 2.35. The van der Waals surface area contributed by atoms with Gasteiger partial charge >= 0.3 is 7.60 Å². The van der Waals surface area contributed by atoms with Crippen LogP contribution in [-0.4, -0.2) is 41.5 Å². The van der Waals surface area contributed by atoms with Crippen LogP contribution in [0.25, 0.3) is 11.2 Å². The number of H-pyrrole nitrogens is 1. The van der Waals surface area contributed by atoms with E-state index in [0.29, 0.717) is 24.2 Å². The van der Waals surface area contributed by atoms with E-state index in [1.807, 2.05) is 0 Å². The van der Waals surface area contributed by atoms with Crippen LogP contribution >= 0.6 is 15.6 Å². The van der Waals surface area contributed by atoms with Gasteiger partial charge in [-0.3, -0.25) is 14.3 Å². The first kappa shape index (κ1) is 18.7. The van der Waals surface area contributed by atoms with Gasteiger partial charge in [0.2, 0.25) is 19.5 Å². The second-order valence-corrected chi connectivity index (χ2v) is 7.88. The van der Waals surface area contributed by atoms with Crippen LogP contribution in [0.15, 0.2) is 11.1 Å². The molecule has 0 amide bonds. The van der Waals surface area contributed by atoms with E-state index in [2.05, 4.69) is 15.0 Å². The van der Waals surface area contributed by atoms with E-state index >= 15 is 0 Å². The van der Waals surface area contributed by atoms with Gasteiger partial charge in [-0.05, 0) is 19.3 Å². The maximum Gasteiger partial charge on any atom is 0.393 e. The summed E-state index contributed by atoms with van der Waals surface area (Å²) < 4.78 is 17.1. The molecule has 2 heterocycles. The minimum absolute atomic E-state index is 0.0211. The van der Waals surface area contributed by atoms with Crippen molar-refractivity contribution in [2.24, 2.45) is 0 Å². The van der Waals surface area contributed by atoms with Gasteiger partial charge in [-0.2, -0.15) is 9.51 Å². The minimum Gasteiger partial charge on any atom is -0.603 e. The van der Waals surface area contributed by atoms with E-state index in [1.54, 1.807) is 4.57 Å². The third-order valence-electron chi connectivity index (χ3n) is 3.00. The third kappa shape index (κ3) is 5.48. The number of fused-ring (bicyclic) bond motifs is 1. The van der Waals surface area contributed by atoms with Crippen molar-refractivity contribution in [2.75, 3.05) is 12.3 Å². The second kappa shape index (κ2) is 7.98. The molecule has 1 unspecified atom stereocenters. The number of hydrogen-bond acceptors (Lipinski definition) is 7. The van der Waals surface area contributed by atoms with Crippen molar-refractivity contribution < 1.29 is 23.8 Å². The Morgan fingerprint density at radius 2 is 2.21 bits per heavy atom. The molecule has 0 aliphatic carbocycles. The Morgan fingerprint density at radius 1 is 1.46 bits per heavy atom. The molecular weight excluding hydrogens is 360 g/mol. The molecule has 0 spiro atoms. The molecule has 5 N–H and O–H groups in total. The number of aryl methyl sites for hydroxylation is 1. The highest BCUT2D eigenvalue weighted by molar-refractivity contribution is 7.79. The number of rotatable bonds is 8. The molecule has 13 heteroatoms. The highest BCUT2D eigenvalue weighted by Gasteiger charge is 2.15.